The number of benzene rings is 1. The van der Waals surface area contributed by atoms with Gasteiger partial charge in [0.2, 0.25) is 0 Å². The third kappa shape index (κ3) is 1.79. The van der Waals surface area contributed by atoms with Crippen LogP contribution in [0.3, 0.4) is 0 Å². The van der Waals surface area contributed by atoms with E-state index in [2.05, 4.69) is 0 Å². The molecule has 14 heavy (non-hydrogen) atoms. The predicted octanol–water partition coefficient (Wildman–Crippen LogP) is 2.80. The van der Waals surface area contributed by atoms with Gasteiger partial charge < -0.3 is 9.47 Å². The van der Waals surface area contributed by atoms with Gasteiger partial charge in [0.1, 0.15) is 11.9 Å². The van der Waals surface area contributed by atoms with Crippen molar-refractivity contribution in [1.82, 2.24) is 0 Å². The second-order valence-corrected chi connectivity index (χ2v) is 3.04. The molecule has 72 valence electrons. The molecule has 0 bridgehead atoms. The standard InChI is InChI=1S/C12H12O2/c1-13-11-7-8-14-12(9-11)10-5-3-2-4-6-10/h2-9,12H,1H3. The molecule has 1 aromatic rings. The molecule has 2 rings (SSSR count). The Hall–Kier alpha value is -1.70. The highest BCUT2D eigenvalue weighted by molar-refractivity contribution is 5.26. The highest BCUT2D eigenvalue weighted by Crippen LogP contribution is 2.24. The van der Waals surface area contributed by atoms with Crippen molar-refractivity contribution in [3.05, 3.63) is 60.1 Å². The molecule has 0 fully saturated rings. The van der Waals surface area contributed by atoms with Crippen molar-refractivity contribution in [1.29, 1.82) is 0 Å². The average molecular weight is 188 g/mol. The van der Waals surface area contributed by atoms with E-state index in [9.17, 15) is 0 Å². The van der Waals surface area contributed by atoms with Crippen LogP contribution >= 0.6 is 0 Å². The zero-order valence-electron chi connectivity index (χ0n) is 8.01. The van der Waals surface area contributed by atoms with E-state index in [1.165, 1.54) is 0 Å². The molecule has 0 amide bonds. The molecule has 0 N–H and O–H groups in total. The smallest absolute Gasteiger partial charge is 0.145 e. The Labute approximate surface area is 83.5 Å². The molecule has 0 saturated carbocycles. The van der Waals surface area contributed by atoms with Gasteiger partial charge in [0, 0.05) is 12.2 Å². The van der Waals surface area contributed by atoms with Crippen LogP contribution in [0, 0.1) is 0 Å². The molecule has 2 heteroatoms. The summed E-state index contributed by atoms with van der Waals surface area (Å²) in [5.41, 5.74) is 1.13. The van der Waals surface area contributed by atoms with Crippen LogP contribution in [-0.2, 0) is 9.47 Å². The Balaban J connectivity index is 2.21. The van der Waals surface area contributed by atoms with Gasteiger partial charge in [-0.15, -0.1) is 0 Å². The molecule has 1 atom stereocenters. The van der Waals surface area contributed by atoms with Gasteiger partial charge in [-0.2, -0.15) is 0 Å². The SMILES string of the molecule is COC1=CC(c2ccccc2)OC=C1. The van der Waals surface area contributed by atoms with E-state index in [-0.39, 0.29) is 6.10 Å². The number of methoxy groups -OCH3 is 1. The number of hydrogen-bond acceptors (Lipinski definition) is 2. The van der Waals surface area contributed by atoms with E-state index in [1.807, 2.05) is 36.4 Å². The molecular formula is C12H12O2. The lowest BCUT2D eigenvalue weighted by Crippen LogP contribution is -2.02. The lowest BCUT2D eigenvalue weighted by atomic mass is 10.1. The summed E-state index contributed by atoms with van der Waals surface area (Å²) >= 11 is 0. The van der Waals surface area contributed by atoms with Crippen molar-refractivity contribution in [2.24, 2.45) is 0 Å². The molecule has 1 unspecified atom stereocenters. The van der Waals surface area contributed by atoms with Gasteiger partial charge in [0.15, 0.2) is 0 Å². The third-order valence-corrected chi connectivity index (χ3v) is 2.14. The molecule has 1 heterocycles. The van der Waals surface area contributed by atoms with E-state index in [0.717, 1.165) is 11.3 Å². The normalized spacial score (nSPS) is 19.8. The van der Waals surface area contributed by atoms with E-state index in [0.29, 0.717) is 0 Å². The Morgan fingerprint density at radius 3 is 2.71 bits per heavy atom. The van der Waals surface area contributed by atoms with Crippen molar-refractivity contribution >= 4 is 0 Å². The molecule has 0 saturated heterocycles. The minimum absolute atomic E-state index is 0.0313. The van der Waals surface area contributed by atoms with E-state index in [1.54, 1.807) is 19.4 Å². The van der Waals surface area contributed by atoms with E-state index >= 15 is 0 Å². The topological polar surface area (TPSA) is 18.5 Å². The Kier molecular flexibility index (Phi) is 2.54. The predicted molar refractivity (Wildman–Crippen MR) is 54.5 cm³/mol. The van der Waals surface area contributed by atoms with Crippen LogP contribution in [-0.4, -0.2) is 7.11 Å². The van der Waals surface area contributed by atoms with Crippen molar-refractivity contribution in [2.75, 3.05) is 7.11 Å². The zero-order chi connectivity index (χ0) is 9.80. The maximum Gasteiger partial charge on any atom is 0.145 e. The fourth-order valence-electron chi connectivity index (χ4n) is 1.39. The molecule has 1 aliphatic rings. The fraction of sp³-hybridized carbons (Fsp3) is 0.167. The van der Waals surface area contributed by atoms with Crippen molar-refractivity contribution < 1.29 is 9.47 Å². The zero-order valence-corrected chi connectivity index (χ0v) is 8.01. The van der Waals surface area contributed by atoms with Gasteiger partial charge in [0.05, 0.1) is 13.4 Å². The first-order valence-corrected chi connectivity index (χ1v) is 4.53. The molecule has 1 aromatic carbocycles. The van der Waals surface area contributed by atoms with Crippen LogP contribution in [0.5, 0.6) is 0 Å². The summed E-state index contributed by atoms with van der Waals surface area (Å²) in [6.07, 6.45) is 5.39. The summed E-state index contributed by atoms with van der Waals surface area (Å²) in [7, 11) is 1.66. The number of hydrogen-bond donors (Lipinski definition) is 0. The molecule has 2 nitrogen and oxygen atoms in total. The summed E-state index contributed by atoms with van der Waals surface area (Å²) in [5.74, 6) is 0.838. The van der Waals surface area contributed by atoms with Crippen LogP contribution < -0.4 is 0 Å². The average Bonchev–Trinajstić information content (AvgIpc) is 2.30. The van der Waals surface area contributed by atoms with E-state index in [4.69, 9.17) is 9.47 Å². The van der Waals surface area contributed by atoms with Crippen LogP contribution in [0.4, 0.5) is 0 Å². The quantitative estimate of drug-likeness (QED) is 0.710. The molecule has 0 aromatic heterocycles. The Bertz CT molecular complexity index is 352. The van der Waals surface area contributed by atoms with Gasteiger partial charge in [-0.1, -0.05) is 30.3 Å². The third-order valence-electron chi connectivity index (χ3n) is 2.14. The molecule has 0 aliphatic carbocycles. The summed E-state index contributed by atoms with van der Waals surface area (Å²) in [5, 5.41) is 0. The first-order valence-electron chi connectivity index (χ1n) is 4.53. The van der Waals surface area contributed by atoms with Crippen molar-refractivity contribution in [3.8, 4) is 0 Å². The van der Waals surface area contributed by atoms with Crippen LogP contribution in [0.2, 0.25) is 0 Å². The van der Waals surface area contributed by atoms with Gasteiger partial charge in [-0.05, 0) is 5.56 Å². The van der Waals surface area contributed by atoms with Crippen molar-refractivity contribution in [3.63, 3.8) is 0 Å². The number of rotatable bonds is 2. The minimum atomic E-state index is -0.0313. The first-order chi connectivity index (χ1) is 6.90. The number of ether oxygens (including phenoxy) is 2. The van der Waals surface area contributed by atoms with Crippen LogP contribution in [0.15, 0.2) is 54.5 Å². The Morgan fingerprint density at radius 1 is 1.21 bits per heavy atom. The van der Waals surface area contributed by atoms with Gasteiger partial charge in [0.25, 0.3) is 0 Å². The fourth-order valence-corrected chi connectivity index (χ4v) is 1.39. The molecular weight excluding hydrogens is 176 g/mol. The summed E-state index contributed by atoms with van der Waals surface area (Å²) in [6.45, 7) is 0. The molecule has 0 spiro atoms. The van der Waals surface area contributed by atoms with Crippen molar-refractivity contribution in [2.45, 2.75) is 6.10 Å². The minimum Gasteiger partial charge on any atom is -0.497 e. The largest absolute Gasteiger partial charge is 0.497 e. The maximum absolute atomic E-state index is 5.46. The summed E-state index contributed by atoms with van der Waals surface area (Å²) in [6, 6.07) is 10.1. The highest BCUT2D eigenvalue weighted by Gasteiger charge is 2.12. The molecule has 0 radical (unpaired) electrons. The van der Waals surface area contributed by atoms with E-state index < -0.39 is 0 Å². The van der Waals surface area contributed by atoms with Gasteiger partial charge >= 0.3 is 0 Å². The lowest BCUT2D eigenvalue weighted by molar-refractivity contribution is 0.171. The second kappa shape index (κ2) is 4.01. The summed E-state index contributed by atoms with van der Waals surface area (Å²) < 4.78 is 10.6. The molecule has 1 aliphatic heterocycles. The van der Waals surface area contributed by atoms with Gasteiger partial charge in [-0.25, -0.2) is 0 Å². The second-order valence-electron chi connectivity index (χ2n) is 3.04. The van der Waals surface area contributed by atoms with Crippen LogP contribution in [0.1, 0.15) is 11.7 Å². The van der Waals surface area contributed by atoms with Gasteiger partial charge in [-0.3, -0.25) is 0 Å². The Morgan fingerprint density at radius 2 is 2.00 bits per heavy atom. The van der Waals surface area contributed by atoms with Crippen LogP contribution in [0.25, 0.3) is 0 Å². The first kappa shape index (κ1) is 8.88. The maximum atomic E-state index is 5.46. The summed E-state index contributed by atoms with van der Waals surface area (Å²) in [4.78, 5) is 0. The highest BCUT2D eigenvalue weighted by atomic mass is 16.5. The monoisotopic (exact) mass is 188 g/mol. The lowest BCUT2D eigenvalue weighted by Gasteiger charge is -2.17. The number of allylic oxidation sites excluding steroid dienone is 1.